The van der Waals surface area contributed by atoms with Crippen LogP contribution in [0.15, 0.2) is 30.3 Å². The van der Waals surface area contributed by atoms with Crippen molar-refractivity contribution < 1.29 is 19.2 Å². The first-order valence-electron chi connectivity index (χ1n) is 8.37. The number of nitro groups is 1. The summed E-state index contributed by atoms with van der Waals surface area (Å²) in [4.78, 5) is 24.4. The first-order valence-corrected chi connectivity index (χ1v) is 8.37. The fourth-order valence-corrected chi connectivity index (χ4v) is 2.69. The van der Waals surface area contributed by atoms with Crippen molar-refractivity contribution in [1.29, 1.82) is 0 Å². The van der Waals surface area contributed by atoms with Crippen LogP contribution < -0.4 is 0 Å². The number of rotatable bonds is 7. The molecule has 0 aromatic heterocycles. The summed E-state index contributed by atoms with van der Waals surface area (Å²) in [5.74, 6) is 0.0928. The number of ether oxygens (including phenoxy) is 2. The second-order valence-corrected chi connectivity index (χ2v) is 6.46. The summed E-state index contributed by atoms with van der Waals surface area (Å²) in [5.41, 5.74) is 0.555. The molecular formula is C18H24N2O5. The summed E-state index contributed by atoms with van der Waals surface area (Å²) in [6, 6.07) is 6.06. The normalized spacial score (nSPS) is 18.6. The van der Waals surface area contributed by atoms with Crippen molar-refractivity contribution >= 4 is 17.7 Å². The highest BCUT2D eigenvalue weighted by Gasteiger charge is 2.21. The SMILES string of the molecule is CC(C)CN1CCOC(COC(=O)/C=C/c2cccc([N+](=O)[O-])c2)C1. The Bertz CT molecular complexity index is 630. The Labute approximate surface area is 147 Å². The van der Waals surface area contributed by atoms with E-state index in [4.69, 9.17) is 9.47 Å². The molecule has 0 N–H and O–H groups in total. The van der Waals surface area contributed by atoms with Crippen LogP contribution in [0.25, 0.3) is 6.08 Å². The molecule has 0 spiro atoms. The average Bonchev–Trinajstić information content (AvgIpc) is 2.58. The van der Waals surface area contributed by atoms with Crippen molar-refractivity contribution in [2.75, 3.05) is 32.8 Å². The number of hydrogen-bond donors (Lipinski definition) is 0. The third-order valence-corrected chi connectivity index (χ3v) is 3.75. The molecular weight excluding hydrogens is 324 g/mol. The molecule has 136 valence electrons. The largest absolute Gasteiger partial charge is 0.460 e. The predicted molar refractivity (Wildman–Crippen MR) is 94.1 cm³/mol. The van der Waals surface area contributed by atoms with E-state index in [1.54, 1.807) is 12.1 Å². The molecule has 0 radical (unpaired) electrons. The number of carbonyl (C=O) groups excluding carboxylic acids is 1. The van der Waals surface area contributed by atoms with Crippen LogP contribution in [0.4, 0.5) is 5.69 Å². The molecule has 1 fully saturated rings. The van der Waals surface area contributed by atoms with Gasteiger partial charge in [0.2, 0.25) is 0 Å². The van der Waals surface area contributed by atoms with E-state index in [2.05, 4.69) is 18.7 Å². The van der Waals surface area contributed by atoms with Crippen LogP contribution in [0, 0.1) is 16.0 Å². The molecule has 0 amide bonds. The highest BCUT2D eigenvalue weighted by molar-refractivity contribution is 5.87. The molecule has 7 nitrogen and oxygen atoms in total. The van der Waals surface area contributed by atoms with Gasteiger partial charge in [-0.25, -0.2) is 4.79 Å². The van der Waals surface area contributed by atoms with Crippen molar-refractivity contribution in [3.8, 4) is 0 Å². The second-order valence-electron chi connectivity index (χ2n) is 6.46. The number of nitro benzene ring substituents is 1. The van der Waals surface area contributed by atoms with Gasteiger partial charge >= 0.3 is 5.97 Å². The lowest BCUT2D eigenvalue weighted by atomic mass is 10.2. The Kier molecular flexibility index (Phi) is 7.09. The first kappa shape index (κ1) is 19.1. The maximum atomic E-state index is 11.8. The minimum absolute atomic E-state index is 0.0173. The van der Waals surface area contributed by atoms with E-state index in [9.17, 15) is 14.9 Å². The predicted octanol–water partition coefficient (Wildman–Crippen LogP) is 2.51. The lowest BCUT2D eigenvalue weighted by Gasteiger charge is -2.33. The number of non-ortho nitro benzene ring substituents is 1. The third kappa shape index (κ3) is 6.64. The van der Waals surface area contributed by atoms with Crippen LogP contribution in [-0.2, 0) is 14.3 Å². The minimum Gasteiger partial charge on any atom is -0.460 e. The van der Waals surface area contributed by atoms with E-state index in [0.29, 0.717) is 18.1 Å². The van der Waals surface area contributed by atoms with E-state index in [1.165, 1.54) is 24.3 Å². The number of nitrogens with zero attached hydrogens (tertiary/aromatic N) is 2. The molecule has 25 heavy (non-hydrogen) atoms. The summed E-state index contributed by atoms with van der Waals surface area (Å²) < 4.78 is 10.9. The Morgan fingerprint density at radius 3 is 3.04 bits per heavy atom. The number of esters is 1. The van der Waals surface area contributed by atoms with Crippen molar-refractivity contribution in [3.05, 3.63) is 46.0 Å². The summed E-state index contributed by atoms with van der Waals surface area (Å²) in [7, 11) is 0. The quantitative estimate of drug-likeness (QED) is 0.326. The van der Waals surface area contributed by atoms with E-state index >= 15 is 0 Å². The zero-order chi connectivity index (χ0) is 18.2. The van der Waals surface area contributed by atoms with Crippen LogP contribution in [0.5, 0.6) is 0 Å². The van der Waals surface area contributed by atoms with Gasteiger partial charge in [-0.1, -0.05) is 26.0 Å². The zero-order valence-electron chi connectivity index (χ0n) is 14.6. The molecule has 0 saturated carbocycles. The van der Waals surface area contributed by atoms with Gasteiger partial charge in [0, 0.05) is 37.8 Å². The Balaban J connectivity index is 1.80. The van der Waals surface area contributed by atoms with Crippen LogP contribution >= 0.6 is 0 Å². The standard InChI is InChI=1S/C18H24N2O5/c1-14(2)11-19-8-9-24-17(12-19)13-25-18(21)7-6-15-4-3-5-16(10-15)20(22)23/h3-7,10,14,17H,8-9,11-13H2,1-2H3/b7-6+. The van der Waals surface area contributed by atoms with Crippen molar-refractivity contribution in [1.82, 2.24) is 4.90 Å². The lowest BCUT2D eigenvalue weighted by molar-refractivity contribution is -0.384. The maximum absolute atomic E-state index is 11.8. The molecule has 7 heteroatoms. The van der Waals surface area contributed by atoms with E-state index in [1.807, 2.05) is 0 Å². The number of morpholine rings is 1. The third-order valence-electron chi connectivity index (χ3n) is 3.75. The van der Waals surface area contributed by atoms with Crippen LogP contribution in [0.1, 0.15) is 19.4 Å². The molecule has 0 aliphatic carbocycles. The highest BCUT2D eigenvalue weighted by Crippen LogP contribution is 2.14. The lowest BCUT2D eigenvalue weighted by Crippen LogP contribution is -2.45. The summed E-state index contributed by atoms with van der Waals surface area (Å²) in [6.45, 7) is 7.83. The van der Waals surface area contributed by atoms with E-state index in [-0.39, 0.29) is 18.4 Å². The molecule has 0 bridgehead atoms. The molecule has 1 unspecified atom stereocenters. The van der Waals surface area contributed by atoms with Gasteiger partial charge in [-0.15, -0.1) is 0 Å². The summed E-state index contributed by atoms with van der Waals surface area (Å²) >= 11 is 0. The zero-order valence-corrected chi connectivity index (χ0v) is 14.6. The average molecular weight is 348 g/mol. The van der Waals surface area contributed by atoms with E-state index in [0.717, 1.165) is 19.6 Å². The van der Waals surface area contributed by atoms with Crippen LogP contribution in [0.2, 0.25) is 0 Å². The van der Waals surface area contributed by atoms with Gasteiger partial charge in [0.15, 0.2) is 0 Å². The van der Waals surface area contributed by atoms with Gasteiger partial charge in [-0.2, -0.15) is 0 Å². The molecule has 1 saturated heterocycles. The Morgan fingerprint density at radius 2 is 2.32 bits per heavy atom. The molecule has 2 rings (SSSR count). The van der Waals surface area contributed by atoms with Gasteiger partial charge in [-0.3, -0.25) is 15.0 Å². The number of carbonyl (C=O) groups is 1. The molecule has 1 aromatic carbocycles. The molecule has 1 heterocycles. The minimum atomic E-state index is -0.490. The van der Waals surface area contributed by atoms with Gasteiger partial charge in [-0.05, 0) is 17.6 Å². The topological polar surface area (TPSA) is 81.9 Å². The molecule has 1 aliphatic heterocycles. The monoisotopic (exact) mass is 348 g/mol. The fraction of sp³-hybridized carbons (Fsp3) is 0.500. The second kappa shape index (κ2) is 9.29. The Morgan fingerprint density at radius 1 is 1.52 bits per heavy atom. The van der Waals surface area contributed by atoms with Gasteiger partial charge < -0.3 is 9.47 Å². The van der Waals surface area contributed by atoms with Crippen molar-refractivity contribution in [3.63, 3.8) is 0 Å². The van der Waals surface area contributed by atoms with Gasteiger partial charge in [0.25, 0.3) is 5.69 Å². The van der Waals surface area contributed by atoms with Crippen LogP contribution in [-0.4, -0.2) is 54.7 Å². The van der Waals surface area contributed by atoms with E-state index < -0.39 is 10.9 Å². The summed E-state index contributed by atoms with van der Waals surface area (Å²) in [5, 5.41) is 10.7. The van der Waals surface area contributed by atoms with Gasteiger partial charge in [0.05, 0.1) is 11.5 Å². The molecule has 1 atom stereocenters. The van der Waals surface area contributed by atoms with Crippen molar-refractivity contribution in [2.24, 2.45) is 5.92 Å². The fourth-order valence-electron chi connectivity index (χ4n) is 2.69. The molecule has 1 aromatic rings. The highest BCUT2D eigenvalue weighted by atomic mass is 16.6. The van der Waals surface area contributed by atoms with Gasteiger partial charge in [0.1, 0.15) is 12.7 Å². The summed E-state index contributed by atoms with van der Waals surface area (Å²) in [6.07, 6.45) is 2.65. The number of hydrogen-bond acceptors (Lipinski definition) is 6. The number of benzene rings is 1. The smallest absolute Gasteiger partial charge is 0.330 e. The van der Waals surface area contributed by atoms with Crippen molar-refractivity contribution in [2.45, 2.75) is 20.0 Å². The first-order chi connectivity index (χ1) is 11.9. The molecule has 1 aliphatic rings. The maximum Gasteiger partial charge on any atom is 0.330 e. The Hall–Kier alpha value is -2.25. The van der Waals surface area contributed by atoms with Crippen LogP contribution in [0.3, 0.4) is 0 Å².